The van der Waals surface area contributed by atoms with E-state index in [0.717, 1.165) is 5.56 Å². The van der Waals surface area contributed by atoms with E-state index in [0.29, 0.717) is 28.5 Å². The summed E-state index contributed by atoms with van der Waals surface area (Å²) in [6.45, 7) is 8.54. The lowest BCUT2D eigenvalue weighted by Gasteiger charge is -2.19. The Balaban J connectivity index is 2.61. The van der Waals surface area contributed by atoms with Crippen LogP contribution >= 0.6 is 11.6 Å². The smallest absolute Gasteiger partial charge is 0.340 e. The monoisotopic (exact) mass is 433 g/mol. The number of hydrogen-bond acceptors (Lipinski definition) is 5. The van der Waals surface area contributed by atoms with Gasteiger partial charge in [-0.1, -0.05) is 56.6 Å². The van der Waals surface area contributed by atoms with Gasteiger partial charge in [0.2, 0.25) is 6.79 Å². The summed E-state index contributed by atoms with van der Waals surface area (Å²) in [5, 5.41) is 14.6. The maximum absolute atomic E-state index is 12.4. The molecular formula is C22H25ClFN3O3. The van der Waals surface area contributed by atoms with Gasteiger partial charge in [-0.05, 0) is 30.4 Å². The molecule has 8 heteroatoms. The lowest BCUT2D eigenvalue weighted by molar-refractivity contribution is -0.152. The number of halogens is 2. The predicted octanol–water partition coefficient (Wildman–Crippen LogP) is 5.04. The summed E-state index contributed by atoms with van der Waals surface area (Å²) >= 11 is 6.46. The average molecular weight is 434 g/mol. The first-order chi connectivity index (χ1) is 14.1. The number of esters is 1. The van der Waals surface area contributed by atoms with Gasteiger partial charge in [-0.2, -0.15) is 10.4 Å². The molecule has 160 valence electrons. The summed E-state index contributed by atoms with van der Waals surface area (Å²) in [6.07, 6.45) is 0. The number of nitrogens with zero attached hydrogens (tertiary/aromatic N) is 3. The van der Waals surface area contributed by atoms with E-state index in [-0.39, 0.29) is 16.7 Å². The molecule has 0 spiro atoms. The third kappa shape index (κ3) is 5.19. The molecule has 2 aromatic rings. The lowest BCUT2D eigenvalue weighted by atomic mass is 9.86. The van der Waals surface area contributed by atoms with E-state index < -0.39 is 19.4 Å². The SMILES string of the molecule is CCn1nc(C)c(Cl)c1/C(OCOC(=O)CF)=C(\C#N)c1ccc(C(C)(C)C)cc1. The van der Waals surface area contributed by atoms with E-state index >= 15 is 0 Å². The number of alkyl halides is 1. The molecule has 0 atom stereocenters. The summed E-state index contributed by atoms with van der Waals surface area (Å²) in [6, 6.07) is 9.68. The van der Waals surface area contributed by atoms with E-state index in [4.69, 9.17) is 21.1 Å². The molecule has 0 bridgehead atoms. The number of aromatic nitrogens is 2. The zero-order chi connectivity index (χ0) is 22.5. The zero-order valence-electron chi connectivity index (χ0n) is 17.8. The lowest BCUT2D eigenvalue weighted by Crippen LogP contribution is -2.12. The first-order valence-corrected chi connectivity index (χ1v) is 9.84. The fraction of sp³-hybridized carbons (Fsp3) is 0.409. The minimum Gasteiger partial charge on any atom is -0.454 e. The summed E-state index contributed by atoms with van der Waals surface area (Å²) in [4.78, 5) is 11.2. The molecule has 0 fully saturated rings. The Morgan fingerprint density at radius 1 is 1.27 bits per heavy atom. The number of carbonyl (C=O) groups excluding carboxylic acids is 1. The summed E-state index contributed by atoms with van der Waals surface area (Å²) in [7, 11) is 0. The Labute approximate surface area is 180 Å². The second kappa shape index (κ2) is 9.77. The Morgan fingerprint density at radius 2 is 1.90 bits per heavy atom. The first kappa shape index (κ1) is 23.4. The molecule has 0 aliphatic rings. The molecule has 2 rings (SSSR count). The standard InChI is InChI=1S/C22H25ClFN3O3/c1-6-27-20(19(23)14(2)26-27)21(30-13-29-18(28)11-24)17(12-25)15-7-9-16(10-8-15)22(3,4)5/h7-10H,6,11,13H2,1-5H3/b21-17-. The van der Waals surface area contributed by atoms with E-state index in [1.165, 1.54) is 0 Å². The van der Waals surface area contributed by atoms with E-state index in [1.807, 2.05) is 31.2 Å². The van der Waals surface area contributed by atoms with Gasteiger partial charge in [-0.25, -0.2) is 9.18 Å². The molecule has 1 aromatic carbocycles. The van der Waals surface area contributed by atoms with Crippen molar-refractivity contribution < 1.29 is 18.7 Å². The van der Waals surface area contributed by atoms with Gasteiger partial charge < -0.3 is 9.47 Å². The minimum absolute atomic E-state index is 0.0454. The highest BCUT2D eigenvalue weighted by Gasteiger charge is 2.24. The number of carbonyl (C=O) groups is 1. The largest absolute Gasteiger partial charge is 0.454 e. The molecule has 1 aromatic heterocycles. The molecule has 1 heterocycles. The normalized spacial score (nSPS) is 12.2. The van der Waals surface area contributed by atoms with Crippen molar-refractivity contribution in [2.75, 3.05) is 13.5 Å². The van der Waals surface area contributed by atoms with Gasteiger partial charge in [0, 0.05) is 6.54 Å². The van der Waals surface area contributed by atoms with Crippen LogP contribution in [-0.2, 0) is 26.2 Å². The maximum atomic E-state index is 12.4. The van der Waals surface area contributed by atoms with Crippen LogP contribution in [0.2, 0.25) is 5.02 Å². The van der Waals surface area contributed by atoms with Crippen LogP contribution in [0, 0.1) is 18.3 Å². The summed E-state index contributed by atoms with van der Waals surface area (Å²) < 4.78 is 24.4. The van der Waals surface area contributed by atoms with Gasteiger partial charge in [0.25, 0.3) is 0 Å². The van der Waals surface area contributed by atoms with Crippen LogP contribution in [0.25, 0.3) is 11.3 Å². The van der Waals surface area contributed by atoms with Gasteiger partial charge in [0.15, 0.2) is 12.4 Å². The van der Waals surface area contributed by atoms with Gasteiger partial charge >= 0.3 is 5.97 Å². The third-order valence-corrected chi connectivity index (χ3v) is 4.93. The molecule has 0 saturated carbocycles. The highest BCUT2D eigenvalue weighted by atomic mass is 35.5. The van der Waals surface area contributed by atoms with Crippen LogP contribution in [0.5, 0.6) is 0 Å². The molecule has 0 aliphatic heterocycles. The summed E-state index contributed by atoms with van der Waals surface area (Å²) in [5.74, 6) is -0.950. The Kier molecular flexibility index (Phi) is 7.63. The Hall–Kier alpha value is -2.85. The van der Waals surface area contributed by atoms with Crippen molar-refractivity contribution in [2.45, 2.75) is 46.6 Å². The number of nitriles is 1. The van der Waals surface area contributed by atoms with Crippen molar-refractivity contribution in [3.05, 3.63) is 51.8 Å². The van der Waals surface area contributed by atoms with Crippen molar-refractivity contribution in [3.63, 3.8) is 0 Å². The molecule has 0 N–H and O–H groups in total. The second-order valence-corrected chi connectivity index (χ2v) is 8.00. The molecule has 0 amide bonds. The van der Waals surface area contributed by atoms with Crippen LogP contribution < -0.4 is 0 Å². The van der Waals surface area contributed by atoms with Crippen LogP contribution in [0.3, 0.4) is 0 Å². The third-order valence-electron chi connectivity index (χ3n) is 4.48. The molecule has 0 radical (unpaired) electrons. The van der Waals surface area contributed by atoms with E-state index in [2.05, 4.69) is 31.9 Å². The van der Waals surface area contributed by atoms with E-state index in [9.17, 15) is 14.4 Å². The minimum atomic E-state index is -1.27. The van der Waals surface area contributed by atoms with Crippen LogP contribution in [0.1, 0.15) is 50.2 Å². The molecule has 0 unspecified atom stereocenters. The number of rotatable bonds is 7. The zero-order valence-corrected chi connectivity index (χ0v) is 18.5. The topological polar surface area (TPSA) is 77.1 Å². The number of ether oxygens (including phenoxy) is 2. The van der Waals surface area contributed by atoms with Gasteiger partial charge in [0.1, 0.15) is 17.3 Å². The van der Waals surface area contributed by atoms with Crippen LogP contribution in [-0.4, -0.2) is 29.2 Å². The van der Waals surface area contributed by atoms with Gasteiger partial charge in [-0.15, -0.1) is 0 Å². The number of hydrogen-bond donors (Lipinski definition) is 0. The van der Waals surface area contributed by atoms with Crippen LogP contribution in [0.15, 0.2) is 24.3 Å². The highest BCUT2D eigenvalue weighted by molar-refractivity contribution is 6.33. The molecule has 0 saturated heterocycles. The molecule has 30 heavy (non-hydrogen) atoms. The molecule has 6 nitrogen and oxygen atoms in total. The van der Waals surface area contributed by atoms with E-state index in [1.54, 1.807) is 11.6 Å². The van der Waals surface area contributed by atoms with Gasteiger partial charge in [0.05, 0.1) is 10.7 Å². The number of aryl methyl sites for hydroxylation is 2. The van der Waals surface area contributed by atoms with Crippen molar-refractivity contribution in [2.24, 2.45) is 0 Å². The average Bonchev–Trinajstić information content (AvgIpc) is 3.00. The van der Waals surface area contributed by atoms with Crippen molar-refractivity contribution in [3.8, 4) is 6.07 Å². The van der Waals surface area contributed by atoms with Crippen molar-refractivity contribution >= 4 is 28.9 Å². The maximum Gasteiger partial charge on any atom is 0.340 e. The molecular weight excluding hydrogens is 409 g/mol. The Bertz CT molecular complexity index is 983. The van der Waals surface area contributed by atoms with Gasteiger partial charge in [-0.3, -0.25) is 4.68 Å². The van der Waals surface area contributed by atoms with Crippen molar-refractivity contribution in [1.82, 2.24) is 9.78 Å². The second-order valence-electron chi connectivity index (χ2n) is 7.62. The number of allylic oxidation sites excluding steroid dienone is 1. The number of benzene rings is 1. The first-order valence-electron chi connectivity index (χ1n) is 9.47. The Morgan fingerprint density at radius 3 is 2.40 bits per heavy atom. The van der Waals surface area contributed by atoms with Crippen LogP contribution in [0.4, 0.5) is 4.39 Å². The fourth-order valence-corrected chi connectivity index (χ4v) is 3.06. The highest BCUT2D eigenvalue weighted by Crippen LogP contribution is 2.34. The summed E-state index contributed by atoms with van der Waals surface area (Å²) in [5.41, 5.74) is 2.82. The molecule has 0 aliphatic carbocycles. The fourth-order valence-electron chi connectivity index (χ4n) is 2.84. The van der Waals surface area contributed by atoms with Crippen molar-refractivity contribution in [1.29, 1.82) is 5.26 Å². The predicted molar refractivity (Wildman–Crippen MR) is 113 cm³/mol. The quantitative estimate of drug-likeness (QED) is 0.264.